The topological polar surface area (TPSA) is 51.2 Å². The summed E-state index contributed by atoms with van der Waals surface area (Å²) >= 11 is 0. The highest BCUT2D eigenvalue weighted by atomic mass is 16.2. The molecular formula is C21H39N5O. The first-order valence-corrected chi connectivity index (χ1v) is 11.1. The number of hydrogen-bond donors (Lipinski definition) is 1. The molecule has 1 unspecified atom stereocenters. The Hall–Kier alpha value is -1.30. The molecule has 0 aromatic carbocycles. The van der Waals surface area contributed by atoms with E-state index in [1.54, 1.807) is 19.0 Å². The molecule has 3 fully saturated rings. The van der Waals surface area contributed by atoms with Crippen LogP contribution >= 0.6 is 0 Å². The van der Waals surface area contributed by atoms with E-state index < -0.39 is 0 Å². The van der Waals surface area contributed by atoms with Gasteiger partial charge in [-0.25, -0.2) is 4.99 Å². The van der Waals surface area contributed by atoms with E-state index in [1.807, 2.05) is 0 Å². The van der Waals surface area contributed by atoms with Crippen LogP contribution in [-0.2, 0) is 4.79 Å². The van der Waals surface area contributed by atoms with Crippen molar-refractivity contribution in [2.75, 3.05) is 53.4 Å². The van der Waals surface area contributed by atoms with E-state index in [0.717, 1.165) is 25.0 Å². The van der Waals surface area contributed by atoms with Gasteiger partial charge in [0, 0.05) is 39.8 Å². The van der Waals surface area contributed by atoms with Crippen molar-refractivity contribution in [3.05, 3.63) is 0 Å². The minimum atomic E-state index is 0.0713. The molecule has 0 aromatic heterocycles. The number of aliphatic imine (C=N–C) groups is 1. The fourth-order valence-electron chi connectivity index (χ4n) is 4.63. The van der Waals surface area contributed by atoms with Crippen molar-refractivity contribution >= 4 is 11.9 Å². The van der Waals surface area contributed by atoms with Gasteiger partial charge in [0.05, 0.1) is 0 Å². The lowest BCUT2D eigenvalue weighted by Crippen LogP contribution is -2.46. The monoisotopic (exact) mass is 377 g/mol. The summed E-state index contributed by atoms with van der Waals surface area (Å²) in [5.74, 6) is 1.77. The number of likely N-dealkylation sites (tertiary alicyclic amines) is 2. The van der Waals surface area contributed by atoms with Gasteiger partial charge in [0.15, 0.2) is 5.96 Å². The lowest BCUT2D eigenvalue weighted by atomic mass is 9.96. The second-order valence-corrected chi connectivity index (χ2v) is 8.87. The highest BCUT2D eigenvalue weighted by Gasteiger charge is 2.28. The Morgan fingerprint density at radius 1 is 1.00 bits per heavy atom. The van der Waals surface area contributed by atoms with E-state index in [1.165, 1.54) is 77.4 Å². The summed E-state index contributed by atoms with van der Waals surface area (Å²) in [5.41, 5.74) is 0. The Balaban J connectivity index is 1.57. The molecule has 1 aliphatic carbocycles. The van der Waals surface area contributed by atoms with Gasteiger partial charge >= 0.3 is 0 Å². The Labute approximate surface area is 165 Å². The van der Waals surface area contributed by atoms with E-state index >= 15 is 0 Å². The minimum absolute atomic E-state index is 0.0713. The smallest absolute Gasteiger partial charge is 0.243 e. The zero-order valence-electron chi connectivity index (χ0n) is 17.5. The summed E-state index contributed by atoms with van der Waals surface area (Å²) in [5, 5.41) is 3.71. The number of nitrogens with zero attached hydrogens (tertiary/aromatic N) is 4. The van der Waals surface area contributed by atoms with Gasteiger partial charge in [0.2, 0.25) is 5.91 Å². The van der Waals surface area contributed by atoms with Crippen molar-refractivity contribution in [2.45, 2.75) is 63.8 Å². The number of guanidine groups is 1. The van der Waals surface area contributed by atoms with Crippen molar-refractivity contribution < 1.29 is 4.79 Å². The quantitative estimate of drug-likeness (QED) is 0.589. The summed E-state index contributed by atoms with van der Waals surface area (Å²) in [4.78, 5) is 23.5. The fourth-order valence-corrected chi connectivity index (χ4v) is 4.63. The van der Waals surface area contributed by atoms with Crippen LogP contribution in [0.2, 0.25) is 0 Å². The Morgan fingerprint density at radius 3 is 2.41 bits per heavy atom. The second kappa shape index (κ2) is 10.3. The molecule has 6 heteroatoms. The van der Waals surface area contributed by atoms with Crippen molar-refractivity contribution in [1.82, 2.24) is 20.0 Å². The number of carbonyl (C=O) groups excluding carboxylic acids is 1. The Bertz CT molecular complexity index is 495. The molecule has 2 aliphatic heterocycles. The summed E-state index contributed by atoms with van der Waals surface area (Å²) in [6, 6.07) is 0.521. The molecule has 3 aliphatic rings. The maximum Gasteiger partial charge on any atom is 0.243 e. The number of rotatable bonds is 5. The van der Waals surface area contributed by atoms with E-state index in [2.05, 4.69) is 15.1 Å². The largest absolute Gasteiger partial charge is 0.353 e. The first-order valence-electron chi connectivity index (χ1n) is 11.1. The van der Waals surface area contributed by atoms with Crippen molar-refractivity contribution in [3.63, 3.8) is 0 Å². The Morgan fingerprint density at radius 2 is 1.70 bits per heavy atom. The SMILES string of the molecule is CN(C)C(=O)CN=C(NC1CCCCC1)N1CCC(CN2CCCCC2)C1. The molecular weight excluding hydrogens is 338 g/mol. The molecule has 1 saturated carbocycles. The molecule has 0 spiro atoms. The molecule has 0 radical (unpaired) electrons. The van der Waals surface area contributed by atoms with E-state index in [9.17, 15) is 4.79 Å². The summed E-state index contributed by atoms with van der Waals surface area (Å²) in [6.45, 7) is 6.15. The van der Waals surface area contributed by atoms with Crippen LogP contribution in [0.4, 0.5) is 0 Å². The molecule has 1 atom stereocenters. The number of nitrogens with one attached hydrogen (secondary N) is 1. The highest BCUT2D eigenvalue weighted by Crippen LogP contribution is 2.22. The van der Waals surface area contributed by atoms with Gasteiger partial charge in [-0.15, -0.1) is 0 Å². The van der Waals surface area contributed by atoms with E-state index in [0.29, 0.717) is 6.04 Å². The molecule has 3 rings (SSSR count). The highest BCUT2D eigenvalue weighted by molar-refractivity contribution is 5.85. The van der Waals surface area contributed by atoms with Gasteiger partial charge in [0.25, 0.3) is 0 Å². The lowest BCUT2D eigenvalue weighted by Gasteiger charge is -2.31. The van der Waals surface area contributed by atoms with Gasteiger partial charge in [-0.3, -0.25) is 4.79 Å². The van der Waals surface area contributed by atoms with Crippen LogP contribution < -0.4 is 5.32 Å². The maximum absolute atomic E-state index is 12.0. The number of amides is 1. The average molecular weight is 378 g/mol. The van der Waals surface area contributed by atoms with Crippen LogP contribution in [0, 0.1) is 5.92 Å². The summed E-state index contributed by atoms with van der Waals surface area (Å²) in [7, 11) is 3.60. The summed E-state index contributed by atoms with van der Waals surface area (Å²) < 4.78 is 0. The fraction of sp³-hybridized carbons (Fsp3) is 0.905. The number of carbonyl (C=O) groups is 1. The van der Waals surface area contributed by atoms with Crippen LogP contribution in [0.25, 0.3) is 0 Å². The second-order valence-electron chi connectivity index (χ2n) is 8.87. The number of hydrogen-bond acceptors (Lipinski definition) is 3. The third-order valence-electron chi connectivity index (χ3n) is 6.35. The lowest BCUT2D eigenvalue weighted by molar-refractivity contribution is -0.127. The van der Waals surface area contributed by atoms with Gasteiger partial charge in [-0.1, -0.05) is 25.7 Å². The number of likely N-dealkylation sites (N-methyl/N-ethyl adjacent to an activating group) is 1. The Kier molecular flexibility index (Phi) is 7.80. The van der Waals surface area contributed by atoms with Crippen LogP contribution in [-0.4, -0.2) is 86.0 Å². The van der Waals surface area contributed by atoms with Crippen LogP contribution in [0.3, 0.4) is 0 Å². The zero-order valence-corrected chi connectivity index (χ0v) is 17.5. The third kappa shape index (κ3) is 6.37. The predicted octanol–water partition coefficient (Wildman–Crippen LogP) is 2.16. The molecule has 2 heterocycles. The van der Waals surface area contributed by atoms with Crippen molar-refractivity contribution in [2.24, 2.45) is 10.9 Å². The first kappa shape index (κ1) is 20.4. The standard InChI is InChI=1S/C21H39N5O/c1-24(2)20(27)15-22-21(23-19-9-5-3-6-10-19)26-14-11-18(17-26)16-25-12-7-4-8-13-25/h18-19H,3-17H2,1-2H3,(H,22,23). The van der Waals surface area contributed by atoms with Crippen LogP contribution in [0.5, 0.6) is 0 Å². The van der Waals surface area contributed by atoms with Crippen molar-refractivity contribution in [3.8, 4) is 0 Å². The van der Waals surface area contributed by atoms with Crippen LogP contribution in [0.1, 0.15) is 57.8 Å². The normalized spacial score (nSPS) is 25.6. The molecule has 1 amide bonds. The average Bonchev–Trinajstić information content (AvgIpc) is 3.14. The van der Waals surface area contributed by atoms with E-state index in [-0.39, 0.29) is 12.5 Å². The van der Waals surface area contributed by atoms with Crippen LogP contribution in [0.15, 0.2) is 4.99 Å². The molecule has 27 heavy (non-hydrogen) atoms. The maximum atomic E-state index is 12.0. The molecule has 154 valence electrons. The molecule has 2 saturated heterocycles. The van der Waals surface area contributed by atoms with Gasteiger partial charge in [-0.2, -0.15) is 0 Å². The minimum Gasteiger partial charge on any atom is -0.353 e. The zero-order chi connectivity index (χ0) is 19.1. The predicted molar refractivity (Wildman–Crippen MR) is 111 cm³/mol. The molecule has 0 bridgehead atoms. The summed E-state index contributed by atoms with van der Waals surface area (Å²) in [6.07, 6.45) is 11.8. The van der Waals surface area contributed by atoms with Gasteiger partial charge in [0.1, 0.15) is 6.54 Å². The molecule has 1 N–H and O–H groups in total. The third-order valence-corrected chi connectivity index (χ3v) is 6.35. The first-order chi connectivity index (χ1) is 13.1. The van der Waals surface area contributed by atoms with E-state index in [4.69, 9.17) is 4.99 Å². The molecule has 6 nitrogen and oxygen atoms in total. The van der Waals surface area contributed by atoms with Gasteiger partial charge < -0.3 is 20.0 Å². The molecule has 0 aromatic rings. The van der Waals surface area contributed by atoms with Crippen molar-refractivity contribution in [1.29, 1.82) is 0 Å². The number of piperidine rings is 1. The van der Waals surface area contributed by atoms with Gasteiger partial charge in [-0.05, 0) is 51.1 Å².